The fourth-order valence-corrected chi connectivity index (χ4v) is 4.83. The van der Waals surface area contributed by atoms with E-state index in [1.54, 1.807) is 18.2 Å². The van der Waals surface area contributed by atoms with E-state index >= 15 is 0 Å². The minimum atomic E-state index is 0. The highest BCUT2D eigenvalue weighted by Gasteiger charge is 2.12. The van der Waals surface area contributed by atoms with Gasteiger partial charge in [-0.1, -0.05) is 155 Å². The van der Waals surface area contributed by atoms with Crippen molar-refractivity contribution >= 4 is 45.0 Å². The Hall–Kier alpha value is -6.87. The minimum Gasteiger partial charge on any atom is -0.397 e. The molecule has 5 N–H and O–H groups in total. The van der Waals surface area contributed by atoms with E-state index in [4.69, 9.17) is 34.9 Å². The second-order valence-electron chi connectivity index (χ2n) is 11.1. The van der Waals surface area contributed by atoms with Crippen LogP contribution in [0.25, 0.3) is 49.7 Å². The molecule has 0 aliphatic heterocycles. The van der Waals surface area contributed by atoms with Crippen molar-refractivity contribution in [3.05, 3.63) is 181 Å². The van der Waals surface area contributed by atoms with Gasteiger partial charge in [-0.05, 0) is 43.3 Å². The van der Waals surface area contributed by atoms with Crippen LogP contribution in [-0.4, -0.2) is 25.4 Å². The zero-order chi connectivity index (χ0) is 37.0. The summed E-state index contributed by atoms with van der Waals surface area (Å²) < 4.78 is 1.96. The molecule has 0 aliphatic rings. The number of para-hydroxylation sites is 6. The first-order chi connectivity index (χ1) is 25.4. The lowest BCUT2D eigenvalue weighted by atomic mass is 10.2. The zero-order valence-electron chi connectivity index (χ0n) is 28.8. The van der Waals surface area contributed by atoms with Crippen molar-refractivity contribution < 1.29 is 0 Å². The van der Waals surface area contributed by atoms with Crippen LogP contribution in [0.4, 0.5) is 11.4 Å². The lowest BCUT2D eigenvalue weighted by Gasteiger charge is -2.02. The van der Waals surface area contributed by atoms with Crippen molar-refractivity contribution in [1.29, 1.82) is 5.26 Å². The molecule has 0 bridgehead atoms. The third-order valence-corrected chi connectivity index (χ3v) is 7.45. The van der Waals surface area contributed by atoms with Crippen LogP contribution >= 0.6 is 11.6 Å². The van der Waals surface area contributed by atoms with Crippen LogP contribution in [0.3, 0.4) is 0 Å². The number of hydrogen-bond acceptors (Lipinski definition) is 5. The first kappa shape index (κ1) is 46.2. The topological polar surface area (TPSA) is 127 Å². The molecule has 8 aromatic rings. The van der Waals surface area contributed by atoms with Crippen LogP contribution in [0.5, 0.6) is 0 Å². The van der Waals surface area contributed by atoms with E-state index in [-0.39, 0.29) is 28.2 Å². The number of nitrogens with zero attached hydrogens (tertiary/aromatic N) is 5. The fourth-order valence-electron chi connectivity index (χ4n) is 4.83. The van der Waals surface area contributed by atoms with Gasteiger partial charge in [0, 0.05) is 11.1 Å². The maximum atomic E-state index is 7.49. The van der Waals surface area contributed by atoms with Crippen molar-refractivity contribution in [1.82, 2.24) is 19.5 Å². The summed E-state index contributed by atoms with van der Waals surface area (Å²) in [6, 6.07) is 55.3. The quantitative estimate of drug-likeness (QED) is 0.0941. The van der Waals surface area contributed by atoms with Crippen LogP contribution in [0.2, 0.25) is 0 Å². The van der Waals surface area contributed by atoms with Gasteiger partial charge in [0.05, 0.1) is 39.5 Å². The molecule has 9 heteroatoms. The molecule has 6 aromatic carbocycles. The molecule has 8 rings (SSSR count). The molecule has 0 fully saturated rings. The molecule has 0 spiro atoms. The molecule has 55 heavy (non-hydrogen) atoms. The van der Waals surface area contributed by atoms with Gasteiger partial charge in [-0.25, -0.2) is 16.5 Å². The number of rotatable bonds is 3. The van der Waals surface area contributed by atoms with Gasteiger partial charge >= 0.3 is 0 Å². The molecule has 2 aromatic heterocycles. The van der Waals surface area contributed by atoms with E-state index in [1.807, 2.05) is 132 Å². The molecular weight excluding hydrogens is 700 g/mol. The fraction of sp³-hybridized carbons (Fsp3) is 0.130. The molecule has 0 saturated carbocycles. The number of anilines is 2. The van der Waals surface area contributed by atoms with Crippen molar-refractivity contribution in [2.75, 3.05) is 17.3 Å². The lowest BCUT2D eigenvalue weighted by Crippen LogP contribution is -1.97. The van der Waals surface area contributed by atoms with Crippen molar-refractivity contribution in [3.8, 4) is 28.8 Å². The molecular formula is C46H51ClN8. The Morgan fingerprint density at radius 2 is 1.11 bits per heavy atom. The summed E-state index contributed by atoms with van der Waals surface area (Å²) in [6.45, 7) is 9.47. The van der Waals surface area contributed by atoms with E-state index in [0.717, 1.165) is 44.8 Å². The molecule has 0 unspecified atom stereocenters. The van der Waals surface area contributed by atoms with Crippen molar-refractivity contribution in [2.45, 2.75) is 35.9 Å². The maximum Gasteiger partial charge on any atom is 0.294 e. The lowest BCUT2D eigenvalue weighted by molar-refractivity contribution is 0.856. The van der Waals surface area contributed by atoms with Gasteiger partial charge in [-0.2, -0.15) is 5.26 Å². The first-order valence-corrected chi connectivity index (χ1v) is 16.9. The molecule has 0 aliphatic carbocycles. The number of nitrogen functional groups attached to an aromatic ring is 2. The van der Waals surface area contributed by atoms with Crippen LogP contribution in [0.1, 0.15) is 27.8 Å². The van der Waals surface area contributed by atoms with E-state index in [1.165, 1.54) is 5.56 Å². The third kappa shape index (κ3) is 14.2. The molecule has 282 valence electrons. The number of nitrogens with two attached hydrogens (primary N) is 2. The predicted molar refractivity (Wildman–Crippen MR) is 236 cm³/mol. The summed E-state index contributed by atoms with van der Waals surface area (Å²) in [4.78, 5) is 15.9. The number of alkyl halides is 1. The summed E-state index contributed by atoms with van der Waals surface area (Å²) >= 11 is 4.82. The molecule has 0 atom stereocenters. The van der Waals surface area contributed by atoms with Crippen LogP contribution in [-0.2, 0) is 6.67 Å². The number of nitriles is 1. The Morgan fingerprint density at radius 3 is 1.58 bits per heavy atom. The number of hydrogen-bond donors (Lipinski definition) is 3. The smallest absolute Gasteiger partial charge is 0.294 e. The van der Waals surface area contributed by atoms with E-state index in [9.17, 15) is 0 Å². The van der Waals surface area contributed by atoms with Crippen LogP contribution in [0, 0.1) is 24.8 Å². The zero-order valence-corrected chi connectivity index (χ0v) is 29.5. The Bertz CT molecular complexity index is 2270. The van der Waals surface area contributed by atoms with Crippen molar-refractivity contribution in [3.63, 3.8) is 0 Å². The van der Waals surface area contributed by atoms with E-state index in [0.29, 0.717) is 18.0 Å². The summed E-state index contributed by atoms with van der Waals surface area (Å²) in [7, 11) is 0. The number of aromatic nitrogens is 4. The normalized spacial score (nSPS) is 9.09. The number of aromatic amines is 1. The highest BCUT2D eigenvalue weighted by Crippen LogP contribution is 2.24. The average molecular weight is 751 g/mol. The first-order valence-electron chi connectivity index (χ1n) is 16.3. The summed E-state index contributed by atoms with van der Waals surface area (Å²) in [5.41, 5.74) is 19.6. The second kappa shape index (κ2) is 25.2. The molecule has 2 heterocycles. The Kier molecular flexibility index (Phi) is 21.1. The summed E-state index contributed by atoms with van der Waals surface area (Å²) in [5.74, 6) is 1.88. The van der Waals surface area contributed by atoms with Gasteiger partial charge in [0.1, 0.15) is 17.5 Å². The predicted octanol–water partition coefficient (Wildman–Crippen LogP) is 12.3. The number of halogens is 1. The molecule has 0 saturated heterocycles. The number of H-pyrrole nitrogens is 1. The Labute approximate surface area is 331 Å². The van der Waals surface area contributed by atoms with Crippen LogP contribution in [0.15, 0.2) is 164 Å². The van der Waals surface area contributed by atoms with Gasteiger partial charge < -0.3 is 16.5 Å². The van der Waals surface area contributed by atoms with Crippen LogP contribution < -0.4 is 11.5 Å². The molecule has 0 radical (unpaired) electrons. The Balaban J connectivity index is 0.000000369. The van der Waals surface area contributed by atoms with Gasteiger partial charge in [0.25, 0.3) is 6.67 Å². The number of nitrogens with one attached hydrogen (secondary N) is 1. The van der Waals surface area contributed by atoms with Gasteiger partial charge in [0.15, 0.2) is 0 Å². The monoisotopic (exact) mass is 750 g/mol. The maximum absolute atomic E-state index is 7.49. The van der Waals surface area contributed by atoms with Crippen molar-refractivity contribution in [2.24, 2.45) is 0 Å². The minimum absolute atomic E-state index is 0. The molecule has 8 nitrogen and oxygen atoms in total. The van der Waals surface area contributed by atoms with Gasteiger partial charge in [0.2, 0.25) is 0 Å². The summed E-state index contributed by atoms with van der Waals surface area (Å²) in [6.07, 6.45) is 0. The highest BCUT2D eigenvalue weighted by molar-refractivity contribution is 6.19. The number of benzene rings is 6. The Morgan fingerprint density at radius 1 is 0.655 bits per heavy atom. The van der Waals surface area contributed by atoms with Gasteiger partial charge in [-0.15, -0.1) is 11.6 Å². The standard InChI is InChI=1S/C15H11N3.C13H10N2.C7H8.C6H8N2.C2H2ClN.3CH4/c1-16-11-18-14-10-6-5-9-13(14)17-15(18)12-7-3-2-4-8-12;1-2-6-10(7-3-1)13-14-11-8-4-5-9-12(11)15-13;1-7-5-3-2-4-6-7;7-5-3-1-2-4-6(5)8;3-1-2-4;;;/h2-10H,11H2;1-9H,(H,14,15);2-6H,1H3;1-4H,7-8H2;1H2;3*1H4. The summed E-state index contributed by atoms with van der Waals surface area (Å²) in [5, 5.41) is 7.49. The number of aryl methyl sites for hydroxylation is 1. The highest BCUT2D eigenvalue weighted by atomic mass is 35.5. The van der Waals surface area contributed by atoms with Gasteiger partial charge in [-0.3, -0.25) is 9.41 Å². The van der Waals surface area contributed by atoms with E-state index in [2.05, 4.69) is 51.0 Å². The number of fused-ring (bicyclic) bond motifs is 2. The number of imidazole rings is 2. The third-order valence-electron chi connectivity index (χ3n) is 7.33. The van der Waals surface area contributed by atoms with E-state index < -0.39 is 0 Å². The second-order valence-corrected chi connectivity index (χ2v) is 11.3. The molecule has 0 amide bonds. The SMILES string of the molecule is C.C.C.Cc1ccccc1.N#CCCl.Nc1ccccc1N.[C-]#[N+]Cn1c(-c2ccccc2)nc2ccccc21.c1ccc(-c2nc3ccccc3[nH]2)cc1. The average Bonchev–Trinajstić information content (AvgIpc) is 3.80. The largest absolute Gasteiger partial charge is 0.397 e.